The smallest absolute Gasteiger partial charge is 0.239 e. The Kier molecular flexibility index (Phi) is 4.59. The highest BCUT2D eigenvalue weighted by Gasteiger charge is 2.21. The summed E-state index contributed by atoms with van der Waals surface area (Å²) in [5.41, 5.74) is 7.20. The predicted octanol–water partition coefficient (Wildman–Crippen LogP) is 1.20. The number of halogens is 1. The Bertz CT molecular complexity index is 1010. The number of piperazine rings is 1. The Morgan fingerprint density at radius 2 is 2.19 bits per heavy atom. The third-order valence-electron chi connectivity index (χ3n) is 4.22. The number of amides is 1. The molecule has 0 unspecified atom stereocenters. The van der Waals surface area contributed by atoms with E-state index < -0.39 is 0 Å². The largest absolute Gasteiger partial charge is 0.368 e. The monoisotopic (exact) mass is 384 g/mol. The van der Waals surface area contributed by atoms with E-state index in [1.807, 2.05) is 23.1 Å². The molecule has 4 N–H and O–H groups in total. The molecule has 1 aromatic carbocycles. The van der Waals surface area contributed by atoms with Gasteiger partial charge in [-0.1, -0.05) is 23.7 Å². The summed E-state index contributed by atoms with van der Waals surface area (Å²) in [6.45, 7) is 1.89. The third-order valence-corrected chi connectivity index (χ3v) is 4.52. The van der Waals surface area contributed by atoms with Crippen LogP contribution >= 0.6 is 11.6 Å². The lowest BCUT2D eigenvalue weighted by Gasteiger charge is -2.29. The fourth-order valence-corrected chi connectivity index (χ4v) is 3.21. The average Bonchev–Trinajstić information content (AvgIpc) is 2.66. The Balaban J connectivity index is 1.72. The van der Waals surface area contributed by atoms with Crippen molar-refractivity contribution >= 4 is 46.1 Å². The first-order chi connectivity index (χ1) is 13.1. The minimum Gasteiger partial charge on any atom is -0.368 e. The van der Waals surface area contributed by atoms with Gasteiger partial charge in [0.05, 0.1) is 17.1 Å². The van der Waals surface area contributed by atoms with E-state index in [1.54, 1.807) is 6.07 Å². The number of para-hydroxylation sites is 1. The number of nitrogen functional groups attached to an aromatic ring is 1. The summed E-state index contributed by atoms with van der Waals surface area (Å²) in [7, 11) is 0. The van der Waals surface area contributed by atoms with Gasteiger partial charge in [-0.25, -0.2) is 15.0 Å². The number of nitrogens with two attached hydrogens (primary N) is 1. The van der Waals surface area contributed by atoms with Gasteiger partial charge in [0.15, 0.2) is 0 Å². The van der Waals surface area contributed by atoms with Crippen molar-refractivity contribution in [1.29, 1.82) is 0 Å². The van der Waals surface area contributed by atoms with Crippen LogP contribution in [0.2, 0.25) is 5.02 Å². The van der Waals surface area contributed by atoms with E-state index in [-0.39, 0.29) is 18.4 Å². The van der Waals surface area contributed by atoms with E-state index >= 15 is 0 Å². The van der Waals surface area contributed by atoms with Gasteiger partial charge in [-0.15, -0.1) is 0 Å². The molecule has 1 fully saturated rings. The molecule has 138 valence electrons. The summed E-state index contributed by atoms with van der Waals surface area (Å²) in [5, 5.41) is 7.44. The number of hydrogen-bond acceptors (Lipinski definition) is 8. The molecule has 27 heavy (non-hydrogen) atoms. The quantitative estimate of drug-likeness (QED) is 0.613. The molecule has 1 amide bonds. The van der Waals surface area contributed by atoms with E-state index in [9.17, 15) is 4.79 Å². The van der Waals surface area contributed by atoms with Crippen LogP contribution in [-0.2, 0) is 11.3 Å². The van der Waals surface area contributed by atoms with Crippen molar-refractivity contribution in [1.82, 2.24) is 25.3 Å². The first-order valence-electron chi connectivity index (χ1n) is 8.38. The van der Waals surface area contributed by atoms with E-state index in [4.69, 9.17) is 22.3 Å². The van der Waals surface area contributed by atoms with Crippen molar-refractivity contribution in [3.05, 3.63) is 41.2 Å². The van der Waals surface area contributed by atoms with Crippen LogP contribution in [0.15, 0.2) is 30.6 Å². The predicted molar refractivity (Wildman–Crippen MR) is 104 cm³/mol. The number of nitrogens with zero attached hydrogens (tertiary/aromatic N) is 5. The minimum absolute atomic E-state index is 0.0357. The molecular formula is C17H17ClN8O. The zero-order chi connectivity index (χ0) is 18.8. The first kappa shape index (κ1) is 17.2. The number of nitrogens with one attached hydrogen (secondary N) is 2. The SMILES string of the molecule is Nc1ncnc(NCc2cc3cccc(Cl)c3nc2N2CCNC(=O)C2)n1. The summed E-state index contributed by atoms with van der Waals surface area (Å²) in [5.74, 6) is 1.19. The van der Waals surface area contributed by atoms with Crippen molar-refractivity contribution in [3.8, 4) is 0 Å². The summed E-state index contributed by atoms with van der Waals surface area (Å²) >= 11 is 6.32. The normalized spacial score (nSPS) is 14.3. The summed E-state index contributed by atoms with van der Waals surface area (Å²) in [6, 6.07) is 7.64. The number of carbonyl (C=O) groups is 1. The van der Waals surface area contributed by atoms with Crippen LogP contribution in [0.3, 0.4) is 0 Å². The lowest BCUT2D eigenvalue weighted by atomic mass is 10.1. The second kappa shape index (κ2) is 7.20. The number of pyridine rings is 1. The molecular weight excluding hydrogens is 368 g/mol. The van der Waals surface area contributed by atoms with Gasteiger partial charge in [-0.3, -0.25) is 4.79 Å². The molecule has 3 aromatic rings. The van der Waals surface area contributed by atoms with Crippen LogP contribution in [0.5, 0.6) is 0 Å². The maximum absolute atomic E-state index is 11.8. The number of fused-ring (bicyclic) bond motifs is 1. The lowest BCUT2D eigenvalue weighted by Crippen LogP contribution is -2.48. The van der Waals surface area contributed by atoms with Crippen LogP contribution in [0.25, 0.3) is 10.9 Å². The second-order valence-corrected chi connectivity index (χ2v) is 6.48. The molecule has 0 aliphatic carbocycles. The Labute approximate surface area is 160 Å². The van der Waals surface area contributed by atoms with Crippen molar-refractivity contribution in [2.45, 2.75) is 6.54 Å². The number of rotatable bonds is 4. The molecule has 1 aliphatic heterocycles. The molecule has 0 saturated carbocycles. The molecule has 4 rings (SSSR count). The topological polar surface area (TPSA) is 122 Å². The van der Waals surface area contributed by atoms with Gasteiger partial charge in [0.1, 0.15) is 12.1 Å². The average molecular weight is 385 g/mol. The van der Waals surface area contributed by atoms with Crippen LogP contribution in [0, 0.1) is 0 Å². The molecule has 9 nitrogen and oxygen atoms in total. The molecule has 1 saturated heterocycles. The number of benzene rings is 1. The number of aromatic nitrogens is 4. The molecule has 0 bridgehead atoms. The molecule has 1 aliphatic rings. The number of hydrogen-bond donors (Lipinski definition) is 3. The minimum atomic E-state index is -0.0357. The van der Waals surface area contributed by atoms with E-state index in [0.29, 0.717) is 41.9 Å². The van der Waals surface area contributed by atoms with Crippen LogP contribution < -0.4 is 21.3 Å². The van der Waals surface area contributed by atoms with E-state index in [2.05, 4.69) is 25.6 Å². The van der Waals surface area contributed by atoms with Gasteiger partial charge in [0.25, 0.3) is 0 Å². The van der Waals surface area contributed by atoms with Gasteiger partial charge >= 0.3 is 0 Å². The maximum atomic E-state index is 11.8. The molecule has 0 radical (unpaired) electrons. The third kappa shape index (κ3) is 3.68. The summed E-state index contributed by atoms with van der Waals surface area (Å²) in [6.07, 6.45) is 1.35. The maximum Gasteiger partial charge on any atom is 0.239 e. The first-order valence-corrected chi connectivity index (χ1v) is 8.76. The fourth-order valence-electron chi connectivity index (χ4n) is 2.99. The van der Waals surface area contributed by atoms with E-state index in [1.165, 1.54) is 6.33 Å². The summed E-state index contributed by atoms with van der Waals surface area (Å²) < 4.78 is 0. The standard InChI is InChI=1S/C17H17ClN8O/c18-12-3-1-2-10-6-11(7-21-17-23-9-22-16(19)25-17)15(24-14(10)12)26-5-4-20-13(27)8-26/h1-3,6,9H,4-5,7-8H2,(H,20,27)(H3,19,21,22,23,25). The molecule has 3 heterocycles. The molecule has 2 aromatic heterocycles. The van der Waals surface area contributed by atoms with Gasteiger partial charge < -0.3 is 21.3 Å². The second-order valence-electron chi connectivity index (χ2n) is 6.07. The number of carbonyl (C=O) groups excluding carboxylic acids is 1. The molecule has 10 heteroatoms. The zero-order valence-corrected chi connectivity index (χ0v) is 15.1. The van der Waals surface area contributed by atoms with Crippen molar-refractivity contribution < 1.29 is 4.79 Å². The Morgan fingerprint density at radius 3 is 3.00 bits per heavy atom. The highest BCUT2D eigenvalue weighted by Crippen LogP contribution is 2.28. The highest BCUT2D eigenvalue weighted by atomic mass is 35.5. The Hall–Kier alpha value is -3.20. The fraction of sp³-hybridized carbons (Fsp3) is 0.235. The molecule has 0 spiro atoms. The van der Waals surface area contributed by atoms with Crippen LogP contribution in [-0.4, -0.2) is 45.5 Å². The Morgan fingerprint density at radius 1 is 1.30 bits per heavy atom. The van der Waals surface area contributed by atoms with Gasteiger partial charge in [0.2, 0.25) is 17.8 Å². The van der Waals surface area contributed by atoms with Gasteiger partial charge in [0, 0.05) is 30.6 Å². The summed E-state index contributed by atoms with van der Waals surface area (Å²) in [4.78, 5) is 30.4. The van der Waals surface area contributed by atoms with Crippen molar-refractivity contribution in [3.63, 3.8) is 0 Å². The van der Waals surface area contributed by atoms with Crippen LogP contribution in [0.4, 0.5) is 17.7 Å². The number of anilines is 3. The highest BCUT2D eigenvalue weighted by molar-refractivity contribution is 6.35. The lowest BCUT2D eigenvalue weighted by molar-refractivity contribution is -0.120. The van der Waals surface area contributed by atoms with E-state index in [0.717, 1.165) is 10.9 Å². The van der Waals surface area contributed by atoms with Crippen molar-refractivity contribution in [2.75, 3.05) is 35.6 Å². The van der Waals surface area contributed by atoms with Gasteiger partial charge in [-0.2, -0.15) is 4.98 Å². The molecule has 0 atom stereocenters. The van der Waals surface area contributed by atoms with Gasteiger partial charge in [-0.05, 0) is 12.1 Å². The van der Waals surface area contributed by atoms with Crippen LogP contribution in [0.1, 0.15) is 5.56 Å². The zero-order valence-electron chi connectivity index (χ0n) is 14.3. The van der Waals surface area contributed by atoms with Crippen molar-refractivity contribution in [2.24, 2.45) is 0 Å².